The summed E-state index contributed by atoms with van der Waals surface area (Å²) in [6, 6.07) is 14.6. The molecule has 0 radical (unpaired) electrons. The third kappa shape index (κ3) is 4.11. The van der Waals surface area contributed by atoms with Crippen molar-refractivity contribution in [3.8, 4) is 0 Å². The molecule has 128 valence electrons. The maximum atomic E-state index is 12.0. The number of urea groups is 1. The van der Waals surface area contributed by atoms with Gasteiger partial charge in [-0.05, 0) is 24.0 Å². The van der Waals surface area contributed by atoms with Crippen LogP contribution in [0.1, 0.15) is 17.9 Å². The van der Waals surface area contributed by atoms with Gasteiger partial charge in [0.15, 0.2) is 0 Å². The number of benzene rings is 2. The minimum absolute atomic E-state index is 0.134. The Morgan fingerprint density at radius 2 is 1.80 bits per heavy atom. The summed E-state index contributed by atoms with van der Waals surface area (Å²) >= 11 is 0. The summed E-state index contributed by atoms with van der Waals surface area (Å²) < 4.78 is 0. The van der Waals surface area contributed by atoms with Crippen molar-refractivity contribution in [2.24, 2.45) is 5.92 Å². The molecule has 1 fully saturated rings. The lowest BCUT2D eigenvalue weighted by Crippen LogP contribution is -2.44. The van der Waals surface area contributed by atoms with E-state index in [0.717, 1.165) is 12.0 Å². The molecule has 0 spiro atoms. The van der Waals surface area contributed by atoms with Gasteiger partial charge in [0, 0.05) is 23.7 Å². The Kier molecular flexibility index (Phi) is 4.60. The normalized spacial score (nSPS) is 18.1. The lowest BCUT2D eigenvalue weighted by atomic mass is 10.1. The zero-order valence-corrected chi connectivity index (χ0v) is 13.1. The molecular weight excluding hydrogens is 324 g/mol. The number of hydrogen-bond acceptors (Lipinski definition) is 4. The summed E-state index contributed by atoms with van der Waals surface area (Å²) in [5, 5.41) is 13.1. The van der Waals surface area contributed by atoms with Gasteiger partial charge in [-0.3, -0.25) is 20.3 Å². The van der Waals surface area contributed by atoms with Crippen LogP contribution in [0.25, 0.3) is 0 Å². The number of nitro benzene ring substituents is 1. The number of non-ortho nitro benzene ring substituents is 1. The van der Waals surface area contributed by atoms with Crippen molar-refractivity contribution < 1.29 is 14.5 Å². The molecule has 3 N–H and O–H groups in total. The van der Waals surface area contributed by atoms with Gasteiger partial charge >= 0.3 is 6.03 Å². The monoisotopic (exact) mass is 340 g/mol. The molecule has 1 aliphatic rings. The first-order chi connectivity index (χ1) is 12.0. The van der Waals surface area contributed by atoms with Crippen LogP contribution in [-0.2, 0) is 4.79 Å². The van der Waals surface area contributed by atoms with Gasteiger partial charge in [-0.1, -0.05) is 36.4 Å². The molecule has 0 saturated heterocycles. The van der Waals surface area contributed by atoms with E-state index in [9.17, 15) is 19.7 Å². The van der Waals surface area contributed by atoms with Gasteiger partial charge in [-0.15, -0.1) is 0 Å². The predicted octanol–water partition coefficient (Wildman–Crippen LogP) is 2.55. The van der Waals surface area contributed by atoms with Gasteiger partial charge in [0.2, 0.25) is 5.91 Å². The Labute approximate surface area is 143 Å². The third-order valence-electron chi connectivity index (χ3n) is 3.97. The highest BCUT2D eigenvalue weighted by molar-refractivity contribution is 5.92. The highest BCUT2D eigenvalue weighted by atomic mass is 16.6. The van der Waals surface area contributed by atoms with Crippen molar-refractivity contribution >= 4 is 23.3 Å². The van der Waals surface area contributed by atoms with Crippen LogP contribution in [0.5, 0.6) is 0 Å². The molecule has 25 heavy (non-hydrogen) atoms. The number of carbonyl (C=O) groups is 2. The minimum atomic E-state index is -0.675. The summed E-state index contributed by atoms with van der Waals surface area (Å²) in [7, 11) is 0. The SMILES string of the molecule is O=C(NNC(=O)[C@@H]1C[C@H]1c1ccccc1)Nc1cccc([N+](=O)[O-])c1. The molecule has 2 atom stereocenters. The molecule has 3 rings (SSSR count). The molecule has 2 aromatic carbocycles. The van der Waals surface area contributed by atoms with E-state index in [1.807, 2.05) is 30.3 Å². The highest BCUT2D eigenvalue weighted by Crippen LogP contribution is 2.47. The van der Waals surface area contributed by atoms with Crippen LogP contribution in [0.4, 0.5) is 16.2 Å². The predicted molar refractivity (Wildman–Crippen MR) is 90.7 cm³/mol. The molecule has 8 heteroatoms. The summed E-state index contributed by atoms with van der Waals surface area (Å²) in [4.78, 5) is 34.0. The molecule has 0 unspecified atom stereocenters. The first kappa shape index (κ1) is 16.4. The average Bonchev–Trinajstić information content (AvgIpc) is 3.41. The number of nitrogens with zero attached hydrogens (tertiary/aromatic N) is 1. The van der Waals surface area contributed by atoms with Gasteiger partial charge in [0.25, 0.3) is 5.69 Å². The molecule has 0 bridgehead atoms. The maximum Gasteiger partial charge on any atom is 0.337 e. The standard InChI is InChI=1S/C17H16N4O4/c22-16(15-10-14(15)11-5-2-1-3-6-11)19-20-17(23)18-12-7-4-8-13(9-12)21(24)25/h1-9,14-15H,10H2,(H,19,22)(H2,18,20,23)/t14-,15+/m0/s1. The molecule has 0 aromatic heterocycles. The molecule has 0 aliphatic heterocycles. The Hall–Kier alpha value is -3.42. The van der Waals surface area contributed by atoms with E-state index in [1.54, 1.807) is 0 Å². The minimum Gasteiger partial charge on any atom is -0.306 e. The second kappa shape index (κ2) is 7.00. The van der Waals surface area contributed by atoms with Crippen LogP contribution in [0.3, 0.4) is 0 Å². The lowest BCUT2D eigenvalue weighted by molar-refractivity contribution is -0.384. The van der Waals surface area contributed by atoms with Crippen molar-refractivity contribution in [2.45, 2.75) is 12.3 Å². The molecule has 1 saturated carbocycles. The first-order valence-electron chi connectivity index (χ1n) is 7.71. The Morgan fingerprint density at radius 1 is 1.04 bits per heavy atom. The second-order valence-corrected chi connectivity index (χ2v) is 5.74. The van der Waals surface area contributed by atoms with E-state index in [1.165, 1.54) is 24.3 Å². The second-order valence-electron chi connectivity index (χ2n) is 5.74. The number of rotatable bonds is 4. The van der Waals surface area contributed by atoms with Crippen LogP contribution in [0, 0.1) is 16.0 Å². The fourth-order valence-corrected chi connectivity index (χ4v) is 2.62. The lowest BCUT2D eigenvalue weighted by Gasteiger charge is -2.09. The fraction of sp³-hybridized carbons (Fsp3) is 0.176. The number of amides is 3. The average molecular weight is 340 g/mol. The summed E-state index contributed by atoms with van der Waals surface area (Å²) in [5.74, 6) is -0.258. The maximum absolute atomic E-state index is 12.0. The number of hydrazine groups is 1. The molecular formula is C17H16N4O4. The topological polar surface area (TPSA) is 113 Å². The molecule has 0 heterocycles. The van der Waals surface area contributed by atoms with Gasteiger partial charge in [0.1, 0.15) is 0 Å². The van der Waals surface area contributed by atoms with Crippen molar-refractivity contribution in [1.82, 2.24) is 10.9 Å². The quantitative estimate of drug-likeness (QED) is 0.586. The third-order valence-corrected chi connectivity index (χ3v) is 3.97. The summed E-state index contributed by atoms with van der Waals surface area (Å²) in [6.45, 7) is 0. The van der Waals surface area contributed by atoms with Gasteiger partial charge in [0.05, 0.1) is 4.92 Å². The smallest absolute Gasteiger partial charge is 0.306 e. The van der Waals surface area contributed by atoms with Crippen molar-refractivity contribution in [1.29, 1.82) is 0 Å². The molecule has 2 aromatic rings. The van der Waals surface area contributed by atoms with E-state index in [-0.39, 0.29) is 29.1 Å². The largest absolute Gasteiger partial charge is 0.337 e. The summed E-state index contributed by atoms with van der Waals surface area (Å²) in [5.41, 5.74) is 5.85. The molecule has 3 amide bonds. The van der Waals surface area contributed by atoms with Gasteiger partial charge in [-0.25, -0.2) is 10.2 Å². The van der Waals surface area contributed by atoms with Crippen LogP contribution in [0.15, 0.2) is 54.6 Å². The van der Waals surface area contributed by atoms with Gasteiger partial charge < -0.3 is 5.32 Å². The van der Waals surface area contributed by atoms with Crippen LogP contribution in [-0.4, -0.2) is 16.9 Å². The van der Waals surface area contributed by atoms with Crippen molar-refractivity contribution in [3.05, 3.63) is 70.3 Å². The van der Waals surface area contributed by atoms with Crippen molar-refractivity contribution in [3.63, 3.8) is 0 Å². The zero-order valence-electron chi connectivity index (χ0n) is 13.1. The fourth-order valence-electron chi connectivity index (χ4n) is 2.62. The van der Waals surface area contributed by atoms with E-state index in [4.69, 9.17) is 0 Å². The summed E-state index contributed by atoms with van der Waals surface area (Å²) in [6.07, 6.45) is 0.740. The Bertz CT molecular complexity index is 809. The highest BCUT2D eigenvalue weighted by Gasteiger charge is 2.43. The van der Waals surface area contributed by atoms with E-state index in [0.29, 0.717) is 0 Å². The van der Waals surface area contributed by atoms with E-state index in [2.05, 4.69) is 16.2 Å². The Balaban J connectivity index is 1.47. The van der Waals surface area contributed by atoms with Crippen LogP contribution < -0.4 is 16.2 Å². The van der Waals surface area contributed by atoms with Crippen LogP contribution >= 0.6 is 0 Å². The number of hydrogen-bond donors (Lipinski definition) is 3. The Morgan fingerprint density at radius 3 is 2.52 bits per heavy atom. The number of nitro groups is 1. The number of nitrogens with one attached hydrogen (secondary N) is 3. The van der Waals surface area contributed by atoms with Gasteiger partial charge in [-0.2, -0.15) is 0 Å². The van der Waals surface area contributed by atoms with Crippen LogP contribution in [0.2, 0.25) is 0 Å². The van der Waals surface area contributed by atoms with E-state index >= 15 is 0 Å². The molecule has 1 aliphatic carbocycles. The molecule has 8 nitrogen and oxygen atoms in total. The zero-order chi connectivity index (χ0) is 17.8. The van der Waals surface area contributed by atoms with E-state index < -0.39 is 11.0 Å². The first-order valence-corrected chi connectivity index (χ1v) is 7.71. The van der Waals surface area contributed by atoms with Crippen molar-refractivity contribution in [2.75, 3.05) is 5.32 Å². The number of anilines is 1. The number of carbonyl (C=O) groups excluding carboxylic acids is 2.